The Bertz CT molecular complexity index is 821. The van der Waals surface area contributed by atoms with Crippen molar-refractivity contribution in [3.8, 4) is 0 Å². The standard InChI is InChI=1S/C23H29N3O3/c1-23(2,3)29-22(28)24-20-11-9-19(10-12-20)21(27)26-15-13-25(14-16-26)17-18-7-5-4-6-8-18/h4-12H,13-17H2,1-3H3,(H,24,28). The van der Waals surface area contributed by atoms with Crippen LogP contribution in [-0.2, 0) is 11.3 Å². The van der Waals surface area contributed by atoms with Crippen LogP contribution >= 0.6 is 0 Å². The maximum absolute atomic E-state index is 12.8. The van der Waals surface area contributed by atoms with E-state index in [9.17, 15) is 9.59 Å². The van der Waals surface area contributed by atoms with Gasteiger partial charge < -0.3 is 9.64 Å². The van der Waals surface area contributed by atoms with Crippen molar-refractivity contribution in [1.29, 1.82) is 0 Å². The van der Waals surface area contributed by atoms with Crippen LogP contribution in [0.3, 0.4) is 0 Å². The molecule has 29 heavy (non-hydrogen) atoms. The topological polar surface area (TPSA) is 61.9 Å². The van der Waals surface area contributed by atoms with Crippen molar-refractivity contribution in [3.63, 3.8) is 0 Å². The Kier molecular flexibility index (Phi) is 6.54. The molecule has 2 amide bonds. The summed E-state index contributed by atoms with van der Waals surface area (Å²) in [5.41, 5.74) is 1.96. The SMILES string of the molecule is CC(C)(C)OC(=O)Nc1ccc(C(=O)N2CCN(Cc3ccccc3)CC2)cc1. The Labute approximate surface area is 172 Å². The third-order valence-electron chi connectivity index (χ3n) is 4.69. The Hall–Kier alpha value is -2.86. The van der Waals surface area contributed by atoms with Gasteiger partial charge in [0, 0.05) is 44.0 Å². The van der Waals surface area contributed by atoms with E-state index in [1.165, 1.54) is 5.56 Å². The lowest BCUT2D eigenvalue weighted by Crippen LogP contribution is -2.48. The van der Waals surface area contributed by atoms with Gasteiger partial charge >= 0.3 is 6.09 Å². The van der Waals surface area contributed by atoms with Crippen molar-refractivity contribution < 1.29 is 14.3 Å². The normalized spacial score (nSPS) is 15.1. The number of anilines is 1. The summed E-state index contributed by atoms with van der Waals surface area (Å²) in [6.45, 7) is 9.49. The summed E-state index contributed by atoms with van der Waals surface area (Å²) in [6, 6.07) is 17.3. The zero-order valence-electron chi connectivity index (χ0n) is 17.4. The van der Waals surface area contributed by atoms with Gasteiger partial charge in [0.25, 0.3) is 5.91 Å². The number of benzene rings is 2. The summed E-state index contributed by atoms with van der Waals surface area (Å²) in [5.74, 6) is 0.0215. The van der Waals surface area contributed by atoms with E-state index < -0.39 is 11.7 Å². The molecule has 0 aromatic heterocycles. The molecular formula is C23H29N3O3. The fourth-order valence-corrected chi connectivity index (χ4v) is 3.25. The molecule has 1 heterocycles. The summed E-state index contributed by atoms with van der Waals surface area (Å²) >= 11 is 0. The number of rotatable bonds is 4. The molecule has 1 fully saturated rings. The van der Waals surface area contributed by atoms with Crippen molar-refractivity contribution in [2.24, 2.45) is 0 Å². The second-order valence-electron chi connectivity index (χ2n) is 8.26. The molecule has 6 heteroatoms. The highest BCUT2D eigenvalue weighted by Gasteiger charge is 2.22. The molecule has 1 aliphatic heterocycles. The Morgan fingerprint density at radius 2 is 1.55 bits per heavy atom. The predicted octanol–water partition coefficient (Wildman–Crippen LogP) is 3.99. The summed E-state index contributed by atoms with van der Waals surface area (Å²) in [5, 5.41) is 2.68. The molecular weight excluding hydrogens is 366 g/mol. The largest absolute Gasteiger partial charge is 0.444 e. The van der Waals surface area contributed by atoms with Gasteiger partial charge in [-0.2, -0.15) is 0 Å². The first-order chi connectivity index (χ1) is 13.8. The zero-order valence-corrected chi connectivity index (χ0v) is 17.4. The van der Waals surface area contributed by atoms with E-state index in [1.54, 1.807) is 24.3 Å². The van der Waals surface area contributed by atoms with Gasteiger partial charge in [-0.3, -0.25) is 15.0 Å². The molecule has 0 bridgehead atoms. The molecule has 1 aliphatic rings. The van der Waals surface area contributed by atoms with Crippen molar-refractivity contribution in [3.05, 3.63) is 65.7 Å². The summed E-state index contributed by atoms with van der Waals surface area (Å²) in [7, 11) is 0. The van der Waals surface area contributed by atoms with E-state index >= 15 is 0 Å². The van der Waals surface area contributed by atoms with Crippen molar-refractivity contribution >= 4 is 17.7 Å². The van der Waals surface area contributed by atoms with E-state index in [2.05, 4.69) is 34.5 Å². The molecule has 6 nitrogen and oxygen atoms in total. The van der Waals surface area contributed by atoms with Crippen molar-refractivity contribution in [2.45, 2.75) is 32.9 Å². The van der Waals surface area contributed by atoms with Gasteiger partial charge in [0.1, 0.15) is 5.60 Å². The van der Waals surface area contributed by atoms with Gasteiger partial charge in [-0.15, -0.1) is 0 Å². The summed E-state index contributed by atoms with van der Waals surface area (Å²) in [4.78, 5) is 28.9. The first kappa shape index (κ1) is 20.9. The minimum Gasteiger partial charge on any atom is -0.444 e. The second kappa shape index (κ2) is 9.09. The highest BCUT2D eigenvalue weighted by atomic mass is 16.6. The molecule has 0 aliphatic carbocycles. The Morgan fingerprint density at radius 3 is 2.14 bits per heavy atom. The van der Waals surface area contributed by atoms with Crippen molar-refractivity contribution in [2.75, 3.05) is 31.5 Å². The number of amides is 2. The van der Waals surface area contributed by atoms with Crippen LogP contribution in [0.4, 0.5) is 10.5 Å². The van der Waals surface area contributed by atoms with E-state index in [0.717, 1.165) is 19.6 Å². The van der Waals surface area contributed by atoms with E-state index in [4.69, 9.17) is 4.74 Å². The van der Waals surface area contributed by atoms with Crippen LogP contribution < -0.4 is 5.32 Å². The lowest BCUT2D eigenvalue weighted by Gasteiger charge is -2.34. The fraction of sp³-hybridized carbons (Fsp3) is 0.391. The van der Waals surface area contributed by atoms with Crippen LogP contribution in [0.25, 0.3) is 0 Å². The zero-order chi connectivity index (χ0) is 20.9. The van der Waals surface area contributed by atoms with Crippen LogP contribution in [0, 0.1) is 0 Å². The van der Waals surface area contributed by atoms with E-state index in [0.29, 0.717) is 24.3 Å². The number of hydrogen-bond acceptors (Lipinski definition) is 4. The second-order valence-corrected chi connectivity index (χ2v) is 8.26. The molecule has 0 unspecified atom stereocenters. The summed E-state index contributed by atoms with van der Waals surface area (Å²) < 4.78 is 5.24. The number of ether oxygens (including phenoxy) is 1. The van der Waals surface area contributed by atoms with Gasteiger partial charge in [0.2, 0.25) is 0 Å². The van der Waals surface area contributed by atoms with E-state index in [1.807, 2.05) is 31.7 Å². The highest BCUT2D eigenvalue weighted by Crippen LogP contribution is 2.16. The molecule has 154 valence electrons. The van der Waals surface area contributed by atoms with Crippen LogP contribution in [0.2, 0.25) is 0 Å². The quantitative estimate of drug-likeness (QED) is 0.850. The van der Waals surface area contributed by atoms with Gasteiger partial charge in [-0.25, -0.2) is 4.79 Å². The highest BCUT2D eigenvalue weighted by molar-refractivity contribution is 5.95. The number of nitrogens with one attached hydrogen (secondary N) is 1. The maximum atomic E-state index is 12.8. The van der Waals surface area contributed by atoms with E-state index in [-0.39, 0.29) is 5.91 Å². The monoisotopic (exact) mass is 395 g/mol. The van der Waals surface area contributed by atoms with Crippen LogP contribution in [0.15, 0.2) is 54.6 Å². The van der Waals surface area contributed by atoms with Gasteiger partial charge in [-0.05, 0) is 50.6 Å². The lowest BCUT2D eigenvalue weighted by molar-refractivity contribution is 0.0624. The third-order valence-corrected chi connectivity index (χ3v) is 4.69. The smallest absolute Gasteiger partial charge is 0.412 e. The van der Waals surface area contributed by atoms with Crippen molar-refractivity contribution in [1.82, 2.24) is 9.80 Å². The molecule has 3 rings (SSSR count). The lowest BCUT2D eigenvalue weighted by atomic mass is 10.1. The number of piperazine rings is 1. The van der Waals surface area contributed by atoms with Crippen LogP contribution in [0.1, 0.15) is 36.7 Å². The molecule has 1 saturated heterocycles. The summed E-state index contributed by atoms with van der Waals surface area (Å²) in [6.07, 6.45) is -0.508. The van der Waals surface area contributed by atoms with Crippen LogP contribution in [-0.4, -0.2) is 53.6 Å². The van der Waals surface area contributed by atoms with Gasteiger partial charge in [0.05, 0.1) is 0 Å². The minimum atomic E-state index is -0.553. The number of hydrogen-bond donors (Lipinski definition) is 1. The first-order valence-corrected chi connectivity index (χ1v) is 9.96. The molecule has 2 aromatic rings. The number of carbonyl (C=O) groups is 2. The molecule has 0 atom stereocenters. The Balaban J connectivity index is 1.50. The van der Waals surface area contributed by atoms with Gasteiger partial charge in [0.15, 0.2) is 0 Å². The molecule has 0 spiro atoms. The average molecular weight is 396 g/mol. The van der Waals surface area contributed by atoms with Gasteiger partial charge in [-0.1, -0.05) is 30.3 Å². The molecule has 0 saturated carbocycles. The van der Waals surface area contributed by atoms with Crippen LogP contribution in [0.5, 0.6) is 0 Å². The molecule has 0 radical (unpaired) electrons. The number of carbonyl (C=O) groups excluding carboxylic acids is 2. The minimum absolute atomic E-state index is 0.0215. The first-order valence-electron chi connectivity index (χ1n) is 9.96. The number of nitrogens with zero attached hydrogens (tertiary/aromatic N) is 2. The fourth-order valence-electron chi connectivity index (χ4n) is 3.25. The maximum Gasteiger partial charge on any atom is 0.412 e. The molecule has 2 aromatic carbocycles. The predicted molar refractivity (Wildman–Crippen MR) is 114 cm³/mol. The Morgan fingerprint density at radius 1 is 0.931 bits per heavy atom. The third kappa shape index (κ3) is 6.32. The molecule has 1 N–H and O–H groups in total. The average Bonchev–Trinajstić information content (AvgIpc) is 2.68.